The van der Waals surface area contributed by atoms with Crippen LogP contribution in [0.3, 0.4) is 0 Å². The van der Waals surface area contributed by atoms with Gasteiger partial charge < -0.3 is 10.2 Å². The quantitative estimate of drug-likeness (QED) is 0.790. The summed E-state index contributed by atoms with van der Waals surface area (Å²) < 4.78 is 64.6. The topological polar surface area (TPSA) is 82.6 Å². The van der Waals surface area contributed by atoms with Crippen LogP contribution in [0.25, 0.3) is 0 Å². The zero-order valence-corrected chi connectivity index (χ0v) is 16.9. The SMILES string of the molecule is CC(NC(=O)N1CCN(S(=O)(=O)c2ccc(C(F)(F)F)cc2)CC1)c1ccccn1. The van der Waals surface area contributed by atoms with Crippen molar-refractivity contribution in [3.8, 4) is 0 Å². The highest BCUT2D eigenvalue weighted by atomic mass is 32.2. The lowest BCUT2D eigenvalue weighted by Gasteiger charge is -2.34. The molecule has 1 fully saturated rings. The lowest BCUT2D eigenvalue weighted by molar-refractivity contribution is -0.137. The predicted molar refractivity (Wildman–Crippen MR) is 103 cm³/mol. The van der Waals surface area contributed by atoms with Crippen LogP contribution in [0.5, 0.6) is 0 Å². The number of hydrogen-bond acceptors (Lipinski definition) is 4. The Hall–Kier alpha value is -2.66. The third kappa shape index (κ3) is 4.90. The number of sulfonamides is 1. The summed E-state index contributed by atoms with van der Waals surface area (Å²) in [4.78, 5) is 17.9. The Morgan fingerprint density at radius 1 is 1.07 bits per heavy atom. The van der Waals surface area contributed by atoms with Crippen LogP contribution in [0.4, 0.5) is 18.0 Å². The number of carbonyl (C=O) groups is 1. The van der Waals surface area contributed by atoms with Gasteiger partial charge in [0, 0.05) is 32.4 Å². The number of urea groups is 1. The third-order valence-corrected chi connectivity index (χ3v) is 6.73. The van der Waals surface area contributed by atoms with Gasteiger partial charge in [0.05, 0.1) is 22.2 Å². The molecule has 1 aromatic heterocycles. The second-order valence-corrected chi connectivity index (χ2v) is 8.78. The number of carbonyl (C=O) groups excluding carboxylic acids is 1. The molecule has 3 rings (SSSR count). The Morgan fingerprint density at radius 3 is 2.23 bits per heavy atom. The number of nitrogens with one attached hydrogen (secondary N) is 1. The first kappa shape index (κ1) is 22.0. The van der Waals surface area contributed by atoms with E-state index in [-0.39, 0.29) is 43.1 Å². The van der Waals surface area contributed by atoms with E-state index < -0.39 is 21.8 Å². The summed E-state index contributed by atoms with van der Waals surface area (Å²) in [5.74, 6) is 0. The van der Waals surface area contributed by atoms with Crippen molar-refractivity contribution in [2.45, 2.75) is 24.0 Å². The molecule has 1 saturated heterocycles. The van der Waals surface area contributed by atoms with Crippen molar-refractivity contribution in [3.05, 3.63) is 59.9 Å². The number of amides is 2. The number of halogens is 3. The third-order valence-electron chi connectivity index (χ3n) is 4.82. The minimum Gasteiger partial charge on any atom is -0.330 e. The molecule has 1 unspecified atom stereocenters. The molecule has 0 radical (unpaired) electrons. The number of pyridine rings is 1. The Bertz CT molecular complexity index is 974. The normalized spacial score (nSPS) is 16.9. The Kier molecular flexibility index (Phi) is 6.32. The molecule has 0 bridgehead atoms. The molecule has 11 heteroatoms. The van der Waals surface area contributed by atoms with Crippen LogP contribution in [0, 0.1) is 0 Å². The van der Waals surface area contributed by atoms with E-state index in [9.17, 15) is 26.4 Å². The molecular formula is C19H21F3N4O3S. The minimum absolute atomic E-state index is 0.0503. The summed E-state index contributed by atoms with van der Waals surface area (Å²) in [6, 6.07) is 8.12. The van der Waals surface area contributed by atoms with Gasteiger partial charge in [0.1, 0.15) is 0 Å². The molecule has 1 N–H and O–H groups in total. The van der Waals surface area contributed by atoms with Gasteiger partial charge >= 0.3 is 12.2 Å². The van der Waals surface area contributed by atoms with Gasteiger partial charge in [-0.05, 0) is 43.3 Å². The molecule has 0 aliphatic carbocycles. The summed E-state index contributed by atoms with van der Waals surface area (Å²) in [6.45, 7) is 2.23. The maximum atomic E-state index is 12.7. The molecular weight excluding hydrogens is 421 g/mol. The van der Waals surface area contributed by atoms with E-state index in [1.165, 1.54) is 9.21 Å². The highest BCUT2D eigenvalue weighted by Crippen LogP contribution is 2.30. The van der Waals surface area contributed by atoms with Crippen molar-refractivity contribution in [1.29, 1.82) is 0 Å². The average molecular weight is 442 g/mol. The van der Waals surface area contributed by atoms with Gasteiger partial charge in [-0.1, -0.05) is 6.07 Å². The second kappa shape index (κ2) is 8.60. The Labute approximate surface area is 172 Å². The molecule has 1 aromatic carbocycles. The maximum absolute atomic E-state index is 12.7. The monoisotopic (exact) mass is 442 g/mol. The van der Waals surface area contributed by atoms with Gasteiger partial charge in [-0.15, -0.1) is 0 Å². The molecule has 30 heavy (non-hydrogen) atoms. The minimum atomic E-state index is -4.53. The number of alkyl halides is 3. The largest absolute Gasteiger partial charge is 0.416 e. The van der Waals surface area contributed by atoms with Gasteiger partial charge in [0.15, 0.2) is 0 Å². The van der Waals surface area contributed by atoms with Crippen LogP contribution in [0.1, 0.15) is 24.2 Å². The summed E-state index contributed by atoms with van der Waals surface area (Å²) in [5, 5.41) is 2.82. The highest BCUT2D eigenvalue weighted by Gasteiger charge is 2.33. The first-order chi connectivity index (χ1) is 14.1. The van der Waals surface area contributed by atoms with Crippen molar-refractivity contribution in [3.63, 3.8) is 0 Å². The van der Waals surface area contributed by atoms with Crippen LogP contribution in [0.15, 0.2) is 53.6 Å². The van der Waals surface area contributed by atoms with Gasteiger partial charge in [-0.2, -0.15) is 17.5 Å². The van der Waals surface area contributed by atoms with Crippen molar-refractivity contribution < 1.29 is 26.4 Å². The van der Waals surface area contributed by atoms with E-state index in [4.69, 9.17) is 0 Å². The smallest absolute Gasteiger partial charge is 0.330 e. The molecule has 2 heterocycles. The summed E-state index contributed by atoms with van der Waals surface area (Å²) in [6.07, 6.45) is -2.91. The van der Waals surface area contributed by atoms with Crippen LogP contribution in [-0.2, 0) is 16.2 Å². The van der Waals surface area contributed by atoms with E-state index in [0.717, 1.165) is 24.3 Å². The molecule has 0 saturated carbocycles. The Morgan fingerprint density at radius 2 is 1.70 bits per heavy atom. The zero-order valence-electron chi connectivity index (χ0n) is 16.1. The molecule has 1 atom stereocenters. The Balaban J connectivity index is 1.59. The highest BCUT2D eigenvalue weighted by molar-refractivity contribution is 7.89. The summed E-state index contributed by atoms with van der Waals surface area (Å²) >= 11 is 0. The van der Waals surface area contributed by atoms with Crippen LogP contribution in [-0.4, -0.2) is 54.8 Å². The van der Waals surface area contributed by atoms with Crippen molar-refractivity contribution in [1.82, 2.24) is 19.5 Å². The van der Waals surface area contributed by atoms with E-state index >= 15 is 0 Å². The lowest BCUT2D eigenvalue weighted by Crippen LogP contribution is -2.53. The first-order valence-electron chi connectivity index (χ1n) is 9.23. The molecule has 1 aliphatic heterocycles. The lowest BCUT2D eigenvalue weighted by atomic mass is 10.2. The number of hydrogen-bond donors (Lipinski definition) is 1. The fraction of sp³-hybridized carbons (Fsp3) is 0.368. The van der Waals surface area contributed by atoms with E-state index in [2.05, 4.69) is 10.3 Å². The van der Waals surface area contributed by atoms with Crippen LogP contribution in [0.2, 0.25) is 0 Å². The second-order valence-electron chi connectivity index (χ2n) is 6.84. The van der Waals surface area contributed by atoms with Crippen LogP contribution < -0.4 is 5.32 Å². The first-order valence-corrected chi connectivity index (χ1v) is 10.7. The number of benzene rings is 1. The molecule has 7 nitrogen and oxygen atoms in total. The standard InChI is InChI=1S/C19H21F3N4O3S/c1-14(17-4-2-3-9-23-17)24-18(27)25-10-12-26(13-11-25)30(28,29)16-7-5-15(6-8-16)19(20,21)22/h2-9,14H,10-13H2,1H3,(H,24,27). The number of piperazine rings is 1. The van der Waals surface area contributed by atoms with Gasteiger partial charge in [0.25, 0.3) is 0 Å². The maximum Gasteiger partial charge on any atom is 0.416 e. The van der Waals surface area contributed by atoms with E-state index in [1.807, 2.05) is 6.07 Å². The molecule has 2 aromatic rings. The average Bonchev–Trinajstić information content (AvgIpc) is 2.74. The fourth-order valence-corrected chi connectivity index (χ4v) is 4.50. The van der Waals surface area contributed by atoms with Crippen molar-refractivity contribution in [2.24, 2.45) is 0 Å². The van der Waals surface area contributed by atoms with Crippen molar-refractivity contribution >= 4 is 16.1 Å². The molecule has 162 valence electrons. The van der Waals surface area contributed by atoms with Crippen LogP contribution >= 0.6 is 0 Å². The number of nitrogens with zero attached hydrogens (tertiary/aromatic N) is 3. The molecule has 1 aliphatic rings. The number of aromatic nitrogens is 1. The number of rotatable bonds is 4. The van der Waals surface area contributed by atoms with E-state index in [0.29, 0.717) is 5.69 Å². The van der Waals surface area contributed by atoms with E-state index in [1.54, 1.807) is 25.3 Å². The fourth-order valence-electron chi connectivity index (χ4n) is 3.08. The molecule has 2 amide bonds. The predicted octanol–water partition coefficient (Wildman–Crippen LogP) is 2.88. The zero-order chi connectivity index (χ0) is 21.9. The van der Waals surface area contributed by atoms with Gasteiger partial charge in [-0.3, -0.25) is 4.98 Å². The summed E-state index contributed by atoms with van der Waals surface area (Å²) in [5.41, 5.74) is -0.209. The summed E-state index contributed by atoms with van der Waals surface area (Å²) in [7, 11) is -3.94. The molecule has 0 spiro atoms. The van der Waals surface area contributed by atoms with Gasteiger partial charge in [-0.25, -0.2) is 13.2 Å². The van der Waals surface area contributed by atoms with Gasteiger partial charge in [0.2, 0.25) is 10.0 Å². The van der Waals surface area contributed by atoms with Crippen molar-refractivity contribution in [2.75, 3.05) is 26.2 Å².